The zero-order chi connectivity index (χ0) is 20.8. The summed E-state index contributed by atoms with van der Waals surface area (Å²) < 4.78 is 0. The molecule has 158 valence electrons. The summed E-state index contributed by atoms with van der Waals surface area (Å²) in [6.45, 7) is 4.24. The number of carbonyl (C=O) groups excluding carboxylic acids is 3. The lowest BCUT2D eigenvalue weighted by molar-refractivity contribution is -0.132. The van der Waals surface area contributed by atoms with Gasteiger partial charge in [-0.25, -0.2) is 0 Å². The van der Waals surface area contributed by atoms with Crippen molar-refractivity contribution in [3.8, 4) is 0 Å². The third-order valence-corrected chi connectivity index (χ3v) is 5.83. The third kappa shape index (κ3) is 6.31. The first-order valence-electron chi connectivity index (χ1n) is 10.9. The highest BCUT2D eigenvalue weighted by atomic mass is 16.2. The van der Waals surface area contributed by atoms with Crippen LogP contribution in [0.3, 0.4) is 0 Å². The number of nitrogens with one attached hydrogen (secondary N) is 3. The number of anilines is 1. The first-order chi connectivity index (χ1) is 13.9. The summed E-state index contributed by atoms with van der Waals surface area (Å²) in [5.74, 6) is 0.0885. The summed E-state index contributed by atoms with van der Waals surface area (Å²) in [7, 11) is 0. The highest BCUT2D eigenvalue weighted by Gasteiger charge is 2.30. The van der Waals surface area contributed by atoms with Gasteiger partial charge in [-0.15, -0.1) is 0 Å². The van der Waals surface area contributed by atoms with Crippen molar-refractivity contribution in [2.45, 2.75) is 71.4 Å². The van der Waals surface area contributed by atoms with E-state index in [0.29, 0.717) is 6.54 Å². The average molecular weight is 400 g/mol. The van der Waals surface area contributed by atoms with Crippen LogP contribution in [0.2, 0.25) is 0 Å². The molecule has 1 aromatic rings. The lowest BCUT2D eigenvalue weighted by Crippen LogP contribution is -2.51. The van der Waals surface area contributed by atoms with E-state index in [1.54, 1.807) is 0 Å². The first-order valence-corrected chi connectivity index (χ1v) is 10.9. The molecule has 29 heavy (non-hydrogen) atoms. The van der Waals surface area contributed by atoms with E-state index in [4.69, 9.17) is 0 Å². The van der Waals surface area contributed by atoms with E-state index in [0.717, 1.165) is 49.8 Å². The van der Waals surface area contributed by atoms with Gasteiger partial charge in [0, 0.05) is 24.1 Å². The topological polar surface area (TPSA) is 87.3 Å². The molecule has 3 N–H and O–H groups in total. The molecule has 2 saturated carbocycles. The van der Waals surface area contributed by atoms with Crippen LogP contribution in [-0.2, 0) is 20.9 Å². The first kappa shape index (κ1) is 21.3. The number of carbonyl (C=O) groups is 3. The molecule has 0 saturated heterocycles. The van der Waals surface area contributed by atoms with Gasteiger partial charge < -0.3 is 16.0 Å². The molecule has 0 aliphatic heterocycles. The molecule has 6 nitrogen and oxygen atoms in total. The van der Waals surface area contributed by atoms with E-state index < -0.39 is 6.04 Å². The van der Waals surface area contributed by atoms with E-state index in [9.17, 15) is 14.4 Å². The lowest BCUT2D eigenvalue weighted by atomic mass is 9.88. The van der Waals surface area contributed by atoms with Crippen LogP contribution >= 0.6 is 0 Å². The van der Waals surface area contributed by atoms with Crippen LogP contribution < -0.4 is 16.0 Å². The van der Waals surface area contributed by atoms with Crippen molar-refractivity contribution in [1.82, 2.24) is 10.6 Å². The average Bonchev–Trinajstić information content (AvgIpc) is 3.56. The fourth-order valence-electron chi connectivity index (χ4n) is 3.82. The van der Waals surface area contributed by atoms with Gasteiger partial charge in [0.1, 0.15) is 6.04 Å². The smallest absolute Gasteiger partial charge is 0.243 e. The van der Waals surface area contributed by atoms with Crippen molar-refractivity contribution < 1.29 is 14.4 Å². The predicted molar refractivity (Wildman–Crippen MR) is 113 cm³/mol. The maximum atomic E-state index is 12.7. The molecular weight excluding hydrogens is 366 g/mol. The third-order valence-electron chi connectivity index (χ3n) is 5.83. The van der Waals surface area contributed by atoms with Crippen molar-refractivity contribution in [3.05, 3.63) is 29.8 Å². The highest BCUT2D eigenvalue weighted by Crippen LogP contribution is 2.30. The normalized spacial score (nSPS) is 18.2. The van der Waals surface area contributed by atoms with Gasteiger partial charge in [0.05, 0.1) is 0 Å². The minimum Gasteiger partial charge on any atom is -0.350 e. The summed E-state index contributed by atoms with van der Waals surface area (Å²) >= 11 is 0. The maximum Gasteiger partial charge on any atom is 0.243 e. The van der Waals surface area contributed by atoms with E-state index >= 15 is 0 Å². The molecule has 0 radical (unpaired) electrons. The van der Waals surface area contributed by atoms with Crippen LogP contribution in [-0.4, -0.2) is 23.8 Å². The number of amides is 3. The Balaban J connectivity index is 1.53. The Morgan fingerprint density at radius 3 is 2.31 bits per heavy atom. The van der Waals surface area contributed by atoms with Gasteiger partial charge in [-0.2, -0.15) is 0 Å². The second kappa shape index (κ2) is 9.90. The molecule has 0 heterocycles. The predicted octanol–water partition coefficient (Wildman–Crippen LogP) is 3.37. The Labute approximate surface area is 173 Å². The Morgan fingerprint density at radius 2 is 1.66 bits per heavy atom. The van der Waals surface area contributed by atoms with E-state index in [1.165, 1.54) is 6.42 Å². The molecule has 6 heteroatoms. The molecule has 0 aromatic heterocycles. The maximum absolute atomic E-state index is 12.7. The van der Waals surface area contributed by atoms with Crippen molar-refractivity contribution >= 4 is 23.4 Å². The summed E-state index contributed by atoms with van der Waals surface area (Å²) in [6, 6.07) is 6.98. The van der Waals surface area contributed by atoms with Gasteiger partial charge in [-0.3, -0.25) is 14.4 Å². The standard InChI is InChI=1S/C23H33N3O3/c1-15(2)20(26-22(28)17-8-4-3-5-9-17)23(29)24-14-16-7-6-10-19(13-16)25-21(27)18-11-12-18/h6-7,10,13,15,17-18,20H,3-5,8-9,11-12,14H2,1-2H3,(H,24,29)(H,25,27)(H,26,28)/t20-/m0/s1. The molecule has 0 bridgehead atoms. The molecule has 1 atom stereocenters. The number of benzene rings is 1. The Kier molecular flexibility index (Phi) is 7.29. The summed E-state index contributed by atoms with van der Waals surface area (Å²) in [5, 5.41) is 8.84. The molecule has 2 fully saturated rings. The largest absolute Gasteiger partial charge is 0.350 e. The zero-order valence-electron chi connectivity index (χ0n) is 17.5. The van der Waals surface area contributed by atoms with Crippen LogP contribution in [0.4, 0.5) is 5.69 Å². The van der Waals surface area contributed by atoms with Crippen LogP contribution in [0.25, 0.3) is 0 Å². The van der Waals surface area contributed by atoms with E-state index in [1.807, 2.05) is 38.1 Å². The molecule has 0 spiro atoms. The van der Waals surface area contributed by atoms with Gasteiger partial charge in [0.15, 0.2) is 0 Å². The molecule has 0 unspecified atom stereocenters. The Hall–Kier alpha value is -2.37. The van der Waals surface area contributed by atoms with Crippen molar-refractivity contribution in [1.29, 1.82) is 0 Å². The van der Waals surface area contributed by atoms with Crippen molar-refractivity contribution in [2.24, 2.45) is 17.8 Å². The number of hydrogen-bond donors (Lipinski definition) is 3. The molecule has 2 aliphatic rings. The van der Waals surface area contributed by atoms with Crippen LogP contribution in [0, 0.1) is 17.8 Å². The molecular formula is C23H33N3O3. The Morgan fingerprint density at radius 1 is 0.966 bits per heavy atom. The zero-order valence-corrected chi connectivity index (χ0v) is 17.5. The van der Waals surface area contributed by atoms with Gasteiger partial charge >= 0.3 is 0 Å². The Bertz CT molecular complexity index is 737. The minimum absolute atomic E-state index is 0.00309. The van der Waals surface area contributed by atoms with E-state index in [-0.39, 0.29) is 35.5 Å². The molecule has 3 rings (SSSR count). The van der Waals surface area contributed by atoms with Gasteiger partial charge in [0.25, 0.3) is 0 Å². The molecule has 1 aromatic carbocycles. The monoisotopic (exact) mass is 399 g/mol. The van der Waals surface area contributed by atoms with E-state index in [2.05, 4.69) is 16.0 Å². The molecule has 2 aliphatic carbocycles. The second-order valence-electron chi connectivity index (χ2n) is 8.75. The van der Waals surface area contributed by atoms with Gasteiger partial charge in [0.2, 0.25) is 17.7 Å². The lowest BCUT2D eigenvalue weighted by Gasteiger charge is -2.26. The van der Waals surface area contributed by atoms with Gasteiger partial charge in [-0.05, 0) is 49.3 Å². The van der Waals surface area contributed by atoms with Crippen LogP contribution in [0.15, 0.2) is 24.3 Å². The minimum atomic E-state index is -0.540. The fraction of sp³-hybridized carbons (Fsp3) is 0.609. The van der Waals surface area contributed by atoms with Crippen LogP contribution in [0.1, 0.15) is 64.4 Å². The summed E-state index contributed by atoms with van der Waals surface area (Å²) in [5.41, 5.74) is 1.66. The quantitative estimate of drug-likeness (QED) is 0.626. The highest BCUT2D eigenvalue weighted by molar-refractivity contribution is 5.94. The molecule has 3 amide bonds. The number of rotatable bonds is 8. The number of hydrogen-bond acceptors (Lipinski definition) is 3. The van der Waals surface area contributed by atoms with Crippen molar-refractivity contribution in [3.63, 3.8) is 0 Å². The summed E-state index contributed by atoms with van der Waals surface area (Å²) in [6.07, 6.45) is 7.12. The van der Waals surface area contributed by atoms with Crippen molar-refractivity contribution in [2.75, 3.05) is 5.32 Å². The second-order valence-corrected chi connectivity index (χ2v) is 8.75. The van der Waals surface area contributed by atoms with Gasteiger partial charge in [-0.1, -0.05) is 45.2 Å². The fourth-order valence-corrected chi connectivity index (χ4v) is 3.82. The van der Waals surface area contributed by atoms with Crippen LogP contribution in [0.5, 0.6) is 0 Å². The summed E-state index contributed by atoms with van der Waals surface area (Å²) in [4.78, 5) is 37.2. The SMILES string of the molecule is CC(C)[C@H](NC(=O)C1CCCCC1)C(=O)NCc1cccc(NC(=O)C2CC2)c1.